The van der Waals surface area contributed by atoms with Crippen LogP contribution in [0.4, 0.5) is 5.88 Å². The number of nitrogens with zero attached hydrogens (tertiary/aromatic N) is 2. The van der Waals surface area contributed by atoms with Crippen molar-refractivity contribution in [2.45, 2.75) is 12.6 Å². The van der Waals surface area contributed by atoms with Gasteiger partial charge in [-0.15, -0.1) is 0 Å². The van der Waals surface area contributed by atoms with E-state index < -0.39 is 0 Å². The highest BCUT2D eigenvalue weighted by molar-refractivity contribution is 5.87. The summed E-state index contributed by atoms with van der Waals surface area (Å²) in [7, 11) is 0. The summed E-state index contributed by atoms with van der Waals surface area (Å²) >= 11 is 0. The Hall–Kier alpha value is -1.75. The van der Waals surface area contributed by atoms with E-state index in [1.165, 1.54) is 6.08 Å². The molecule has 1 aromatic heterocycles. The van der Waals surface area contributed by atoms with Gasteiger partial charge in [0.2, 0.25) is 5.91 Å². The molecule has 2 aliphatic rings. The number of epoxide rings is 1. The van der Waals surface area contributed by atoms with Gasteiger partial charge in [0.1, 0.15) is 5.76 Å². The van der Waals surface area contributed by atoms with Crippen LogP contribution in [0.1, 0.15) is 5.76 Å². The molecular formula is C13H16N2O3. The first-order valence-corrected chi connectivity index (χ1v) is 6.04. The van der Waals surface area contributed by atoms with Crippen molar-refractivity contribution in [2.75, 3.05) is 31.1 Å². The lowest BCUT2D eigenvalue weighted by Gasteiger charge is -2.39. The van der Waals surface area contributed by atoms with E-state index in [0.717, 1.165) is 11.6 Å². The molecule has 2 aliphatic heterocycles. The second kappa shape index (κ2) is 3.88. The molecule has 1 spiro atoms. The molecule has 3 heterocycles. The molecular weight excluding hydrogens is 232 g/mol. The first kappa shape index (κ1) is 11.3. The van der Waals surface area contributed by atoms with Crippen LogP contribution in [0.3, 0.4) is 0 Å². The average Bonchev–Trinajstić information content (AvgIpc) is 2.99. The second-order valence-electron chi connectivity index (χ2n) is 4.73. The van der Waals surface area contributed by atoms with Gasteiger partial charge in [0.05, 0.1) is 13.2 Å². The van der Waals surface area contributed by atoms with Gasteiger partial charge in [0.15, 0.2) is 11.6 Å². The van der Waals surface area contributed by atoms with Crippen LogP contribution in [0, 0.1) is 6.92 Å². The van der Waals surface area contributed by atoms with Crippen LogP contribution in [0.5, 0.6) is 0 Å². The van der Waals surface area contributed by atoms with Gasteiger partial charge >= 0.3 is 0 Å². The van der Waals surface area contributed by atoms with E-state index in [1.54, 1.807) is 4.90 Å². The summed E-state index contributed by atoms with van der Waals surface area (Å²) in [4.78, 5) is 15.5. The summed E-state index contributed by atoms with van der Waals surface area (Å²) in [5.41, 5.74) is -0.388. The van der Waals surface area contributed by atoms with Crippen molar-refractivity contribution in [3.8, 4) is 0 Å². The predicted octanol–water partition coefficient (Wildman–Crippen LogP) is 1.15. The maximum atomic E-state index is 11.6. The van der Waals surface area contributed by atoms with Crippen molar-refractivity contribution < 1.29 is 13.9 Å². The van der Waals surface area contributed by atoms with E-state index in [9.17, 15) is 4.79 Å². The lowest BCUT2D eigenvalue weighted by molar-refractivity contribution is -0.127. The van der Waals surface area contributed by atoms with Crippen molar-refractivity contribution in [1.29, 1.82) is 0 Å². The number of rotatable bonds is 2. The van der Waals surface area contributed by atoms with E-state index in [0.29, 0.717) is 26.2 Å². The number of anilines is 1. The van der Waals surface area contributed by atoms with Crippen molar-refractivity contribution in [3.63, 3.8) is 0 Å². The highest BCUT2D eigenvalue weighted by atomic mass is 16.6. The molecule has 3 rings (SSSR count). The minimum absolute atomic E-state index is 0.0415. The van der Waals surface area contributed by atoms with Crippen LogP contribution in [-0.2, 0) is 9.53 Å². The Bertz CT molecular complexity index is 490. The summed E-state index contributed by atoms with van der Waals surface area (Å²) in [5.74, 6) is 1.65. The molecule has 0 bridgehead atoms. The van der Waals surface area contributed by atoms with E-state index in [1.807, 2.05) is 19.1 Å². The van der Waals surface area contributed by atoms with Gasteiger partial charge in [0.25, 0.3) is 0 Å². The van der Waals surface area contributed by atoms with Crippen LogP contribution in [-0.4, -0.2) is 42.8 Å². The Morgan fingerprint density at radius 2 is 2.28 bits per heavy atom. The van der Waals surface area contributed by atoms with Gasteiger partial charge in [0, 0.05) is 19.2 Å². The zero-order valence-corrected chi connectivity index (χ0v) is 10.4. The van der Waals surface area contributed by atoms with Crippen molar-refractivity contribution in [3.05, 3.63) is 30.5 Å². The third-order valence-corrected chi connectivity index (χ3v) is 3.48. The van der Waals surface area contributed by atoms with Gasteiger partial charge < -0.3 is 19.0 Å². The van der Waals surface area contributed by atoms with Crippen molar-refractivity contribution in [1.82, 2.24) is 4.90 Å². The molecule has 0 N–H and O–H groups in total. The van der Waals surface area contributed by atoms with E-state index in [4.69, 9.17) is 9.15 Å². The Morgan fingerprint density at radius 3 is 2.83 bits per heavy atom. The Balaban J connectivity index is 1.80. The molecule has 1 amide bonds. The number of hydrogen-bond acceptors (Lipinski definition) is 4. The summed E-state index contributed by atoms with van der Waals surface area (Å²) in [6.45, 7) is 8.02. The summed E-state index contributed by atoms with van der Waals surface area (Å²) in [6.07, 6.45) is 1.35. The summed E-state index contributed by atoms with van der Waals surface area (Å²) < 4.78 is 11.2. The first-order valence-electron chi connectivity index (χ1n) is 6.04. The van der Waals surface area contributed by atoms with Gasteiger partial charge in [-0.25, -0.2) is 0 Å². The van der Waals surface area contributed by atoms with Gasteiger partial charge in [-0.1, -0.05) is 6.58 Å². The largest absolute Gasteiger partial charge is 0.446 e. The van der Waals surface area contributed by atoms with Crippen molar-refractivity contribution in [2.24, 2.45) is 0 Å². The minimum Gasteiger partial charge on any atom is -0.446 e. The fraction of sp³-hybridized carbons (Fsp3) is 0.462. The summed E-state index contributed by atoms with van der Waals surface area (Å²) in [5, 5.41) is 0. The van der Waals surface area contributed by atoms with Gasteiger partial charge in [-0.05, 0) is 19.1 Å². The zero-order valence-electron chi connectivity index (χ0n) is 10.4. The lowest BCUT2D eigenvalue weighted by atomic mass is 10.2. The number of carbonyl (C=O) groups is 1. The fourth-order valence-corrected chi connectivity index (χ4v) is 2.41. The first-order chi connectivity index (χ1) is 8.64. The monoisotopic (exact) mass is 248 g/mol. The van der Waals surface area contributed by atoms with Crippen LogP contribution >= 0.6 is 0 Å². The molecule has 1 aromatic rings. The molecule has 0 aliphatic carbocycles. The molecule has 2 saturated heterocycles. The molecule has 1 unspecified atom stereocenters. The quantitative estimate of drug-likeness (QED) is 0.582. The zero-order chi connectivity index (χ0) is 12.8. The van der Waals surface area contributed by atoms with E-state index in [-0.39, 0.29) is 11.6 Å². The van der Waals surface area contributed by atoms with Crippen LogP contribution in [0.2, 0.25) is 0 Å². The molecule has 0 aromatic carbocycles. The maximum absolute atomic E-state index is 11.6. The molecule has 2 fully saturated rings. The number of hydrogen-bond donors (Lipinski definition) is 0. The van der Waals surface area contributed by atoms with E-state index in [2.05, 4.69) is 11.5 Å². The van der Waals surface area contributed by atoms with Crippen LogP contribution < -0.4 is 4.90 Å². The summed E-state index contributed by atoms with van der Waals surface area (Å²) in [6, 6.07) is 3.89. The Kier molecular flexibility index (Phi) is 2.45. The minimum atomic E-state index is -0.388. The SMILES string of the molecule is C=CC(=O)N1CCN(c2ccc(C)o2)C2(CO2)C1. The third kappa shape index (κ3) is 1.71. The number of aryl methyl sites for hydroxylation is 1. The number of furan rings is 1. The van der Waals surface area contributed by atoms with Crippen LogP contribution in [0.15, 0.2) is 29.2 Å². The number of amides is 1. The Morgan fingerprint density at radius 1 is 1.50 bits per heavy atom. The fourth-order valence-electron chi connectivity index (χ4n) is 2.41. The molecule has 18 heavy (non-hydrogen) atoms. The lowest BCUT2D eigenvalue weighted by Crippen LogP contribution is -2.57. The normalized spacial score (nSPS) is 26.5. The van der Waals surface area contributed by atoms with Crippen molar-refractivity contribution >= 4 is 11.8 Å². The highest BCUT2D eigenvalue weighted by Gasteiger charge is 2.55. The van der Waals surface area contributed by atoms with Gasteiger partial charge in [-0.3, -0.25) is 4.79 Å². The highest BCUT2D eigenvalue weighted by Crippen LogP contribution is 2.39. The third-order valence-electron chi connectivity index (χ3n) is 3.48. The van der Waals surface area contributed by atoms with Crippen LogP contribution in [0.25, 0.3) is 0 Å². The maximum Gasteiger partial charge on any atom is 0.246 e. The number of ether oxygens (including phenoxy) is 1. The molecule has 0 radical (unpaired) electrons. The number of carbonyl (C=O) groups excluding carboxylic acids is 1. The number of piperazine rings is 1. The standard InChI is InChI=1S/C13H16N2O3/c1-3-11(16)14-6-7-15(13(8-14)9-17-13)12-5-4-10(2)18-12/h3-5H,1,6-9H2,2H3. The molecule has 5 nitrogen and oxygen atoms in total. The molecule has 5 heteroatoms. The average molecular weight is 248 g/mol. The second-order valence-corrected chi connectivity index (χ2v) is 4.73. The molecule has 0 saturated carbocycles. The topological polar surface area (TPSA) is 49.2 Å². The van der Waals surface area contributed by atoms with E-state index >= 15 is 0 Å². The molecule has 96 valence electrons. The smallest absolute Gasteiger partial charge is 0.246 e. The molecule has 1 atom stereocenters. The predicted molar refractivity (Wildman–Crippen MR) is 66.3 cm³/mol. The Labute approximate surface area is 106 Å². The van der Waals surface area contributed by atoms with Gasteiger partial charge in [-0.2, -0.15) is 0 Å².